The summed E-state index contributed by atoms with van der Waals surface area (Å²) in [5, 5.41) is 6.31. The summed E-state index contributed by atoms with van der Waals surface area (Å²) in [4.78, 5) is 13.0. The number of nitrogens with one attached hydrogen (secondary N) is 1. The van der Waals surface area contributed by atoms with Crippen molar-refractivity contribution in [2.24, 2.45) is 0 Å². The van der Waals surface area contributed by atoms with Crippen molar-refractivity contribution in [2.75, 3.05) is 11.9 Å². The van der Waals surface area contributed by atoms with Crippen molar-refractivity contribution in [3.05, 3.63) is 34.2 Å². The Morgan fingerprint density at radius 3 is 2.94 bits per heavy atom. The first-order valence-electron chi connectivity index (χ1n) is 5.24. The van der Waals surface area contributed by atoms with Gasteiger partial charge in [-0.05, 0) is 19.9 Å². The Morgan fingerprint density at radius 1 is 1.38 bits per heavy atom. The fourth-order valence-corrected chi connectivity index (χ4v) is 2.03. The molecule has 5 heteroatoms. The largest absolute Gasteiger partial charge is 0.370 e. The monoisotopic (exact) mass is 234 g/mol. The lowest BCUT2D eigenvalue weighted by atomic mass is 10.3. The second kappa shape index (κ2) is 5.03. The maximum Gasteiger partial charge on any atom is 0.136 e. The minimum Gasteiger partial charge on any atom is -0.370 e. The van der Waals surface area contributed by atoms with E-state index in [0.717, 1.165) is 28.9 Å². The van der Waals surface area contributed by atoms with E-state index < -0.39 is 0 Å². The standard InChI is InChI=1S/C11H14N4S/c1-3-12-10-4-5-13-11(15-10)6-9-7-16-8(2)14-9/h4-5,7H,3,6H2,1-2H3,(H,12,13,15). The summed E-state index contributed by atoms with van der Waals surface area (Å²) in [5.41, 5.74) is 1.04. The van der Waals surface area contributed by atoms with E-state index in [1.165, 1.54) is 0 Å². The Morgan fingerprint density at radius 2 is 2.25 bits per heavy atom. The van der Waals surface area contributed by atoms with Gasteiger partial charge < -0.3 is 5.32 Å². The molecule has 2 aromatic heterocycles. The van der Waals surface area contributed by atoms with E-state index in [-0.39, 0.29) is 0 Å². The van der Waals surface area contributed by atoms with Gasteiger partial charge in [0.1, 0.15) is 11.6 Å². The Kier molecular flexibility index (Phi) is 3.46. The third kappa shape index (κ3) is 2.76. The molecule has 0 aliphatic carbocycles. The first kappa shape index (κ1) is 11.0. The third-order valence-corrected chi connectivity index (χ3v) is 2.89. The van der Waals surface area contributed by atoms with E-state index in [2.05, 4.69) is 25.6 Å². The maximum absolute atomic E-state index is 4.41. The summed E-state index contributed by atoms with van der Waals surface area (Å²) in [6.07, 6.45) is 2.48. The molecule has 2 aromatic rings. The van der Waals surface area contributed by atoms with Gasteiger partial charge in [0, 0.05) is 18.1 Å². The normalized spacial score (nSPS) is 10.4. The molecule has 0 unspecified atom stereocenters. The molecule has 0 fully saturated rings. The average molecular weight is 234 g/mol. The van der Waals surface area contributed by atoms with E-state index in [4.69, 9.17) is 0 Å². The van der Waals surface area contributed by atoms with Gasteiger partial charge in [-0.1, -0.05) is 0 Å². The minimum absolute atomic E-state index is 0.698. The molecule has 84 valence electrons. The summed E-state index contributed by atoms with van der Waals surface area (Å²) in [5.74, 6) is 1.68. The predicted molar refractivity (Wildman–Crippen MR) is 65.9 cm³/mol. The molecule has 0 atom stereocenters. The fourth-order valence-electron chi connectivity index (χ4n) is 1.42. The second-order valence-electron chi connectivity index (χ2n) is 3.42. The number of aryl methyl sites for hydroxylation is 1. The van der Waals surface area contributed by atoms with Crippen LogP contribution in [-0.4, -0.2) is 21.5 Å². The molecule has 2 heterocycles. The van der Waals surface area contributed by atoms with Crippen molar-refractivity contribution >= 4 is 17.2 Å². The molecule has 0 aliphatic rings. The van der Waals surface area contributed by atoms with Crippen LogP contribution in [-0.2, 0) is 6.42 Å². The first-order valence-corrected chi connectivity index (χ1v) is 6.12. The number of thiazole rings is 1. The SMILES string of the molecule is CCNc1ccnc(Cc2csc(C)n2)n1. The number of hydrogen-bond donors (Lipinski definition) is 1. The lowest BCUT2D eigenvalue weighted by Gasteiger charge is -2.03. The smallest absolute Gasteiger partial charge is 0.136 e. The second-order valence-corrected chi connectivity index (χ2v) is 4.49. The van der Waals surface area contributed by atoms with Crippen molar-refractivity contribution in [3.8, 4) is 0 Å². The molecule has 1 N–H and O–H groups in total. The van der Waals surface area contributed by atoms with E-state index in [0.29, 0.717) is 6.42 Å². The van der Waals surface area contributed by atoms with E-state index in [1.807, 2.05) is 19.9 Å². The molecular formula is C11H14N4S. The van der Waals surface area contributed by atoms with Gasteiger partial charge in [-0.15, -0.1) is 11.3 Å². The molecule has 0 saturated carbocycles. The molecule has 0 radical (unpaired) electrons. The number of rotatable bonds is 4. The van der Waals surface area contributed by atoms with Crippen LogP contribution >= 0.6 is 11.3 Å². The molecule has 16 heavy (non-hydrogen) atoms. The van der Waals surface area contributed by atoms with Gasteiger partial charge in [0.25, 0.3) is 0 Å². The van der Waals surface area contributed by atoms with Crippen molar-refractivity contribution < 1.29 is 0 Å². The van der Waals surface area contributed by atoms with Crippen LogP contribution in [0.2, 0.25) is 0 Å². The van der Waals surface area contributed by atoms with E-state index >= 15 is 0 Å². The van der Waals surface area contributed by atoms with Gasteiger partial charge in [0.2, 0.25) is 0 Å². The van der Waals surface area contributed by atoms with Crippen molar-refractivity contribution in [3.63, 3.8) is 0 Å². The highest BCUT2D eigenvalue weighted by Crippen LogP contribution is 2.11. The van der Waals surface area contributed by atoms with Gasteiger partial charge in [-0.25, -0.2) is 15.0 Å². The number of nitrogens with zero attached hydrogens (tertiary/aromatic N) is 3. The van der Waals surface area contributed by atoms with Gasteiger partial charge in [-0.2, -0.15) is 0 Å². The van der Waals surface area contributed by atoms with Crippen LogP contribution in [0.25, 0.3) is 0 Å². The van der Waals surface area contributed by atoms with Crippen LogP contribution in [0.1, 0.15) is 23.4 Å². The third-order valence-electron chi connectivity index (χ3n) is 2.07. The number of hydrogen-bond acceptors (Lipinski definition) is 5. The lowest BCUT2D eigenvalue weighted by molar-refractivity contribution is 0.937. The Balaban J connectivity index is 2.12. The topological polar surface area (TPSA) is 50.7 Å². The van der Waals surface area contributed by atoms with Crippen LogP contribution in [0, 0.1) is 6.92 Å². The zero-order chi connectivity index (χ0) is 11.4. The van der Waals surface area contributed by atoms with Gasteiger partial charge in [0.15, 0.2) is 0 Å². The van der Waals surface area contributed by atoms with Crippen LogP contribution in [0.15, 0.2) is 17.6 Å². The zero-order valence-corrected chi connectivity index (χ0v) is 10.2. The summed E-state index contributed by atoms with van der Waals surface area (Å²) in [6.45, 7) is 4.92. The first-order chi connectivity index (χ1) is 7.78. The molecule has 0 bridgehead atoms. The van der Waals surface area contributed by atoms with Crippen LogP contribution in [0.5, 0.6) is 0 Å². The van der Waals surface area contributed by atoms with E-state index in [9.17, 15) is 0 Å². The number of aromatic nitrogens is 3. The lowest BCUT2D eigenvalue weighted by Crippen LogP contribution is -2.03. The van der Waals surface area contributed by atoms with Gasteiger partial charge >= 0.3 is 0 Å². The molecular weight excluding hydrogens is 220 g/mol. The molecule has 0 aromatic carbocycles. The van der Waals surface area contributed by atoms with E-state index in [1.54, 1.807) is 17.5 Å². The molecule has 2 rings (SSSR count). The molecule has 0 amide bonds. The molecule has 0 aliphatic heterocycles. The highest BCUT2D eigenvalue weighted by atomic mass is 32.1. The van der Waals surface area contributed by atoms with Gasteiger partial charge in [0.05, 0.1) is 17.1 Å². The zero-order valence-electron chi connectivity index (χ0n) is 9.40. The fraction of sp³-hybridized carbons (Fsp3) is 0.364. The minimum atomic E-state index is 0.698. The Bertz CT molecular complexity index is 467. The maximum atomic E-state index is 4.41. The molecule has 0 spiro atoms. The predicted octanol–water partition coefficient (Wildman–Crippen LogP) is 2.26. The van der Waals surface area contributed by atoms with Crippen molar-refractivity contribution in [1.29, 1.82) is 0 Å². The van der Waals surface area contributed by atoms with Crippen LogP contribution in [0.3, 0.4) is 0 Å². The van der Waals surface area contributed by atoms with Crippen LogP contribution in [0.4, 0.5) is 5.82 Å². The molecule has 4 nitrogen and oxygen atoms in total. The molecule has 0 saturated heterocycles. The Hall–Kier alpha value is -1.49. The summed E-state index contributed by atoms with van der Waals surface area (Å²) in [7, 11) is 0. The van der Waals surface area contributed by atoms with Crippen molar-refractivity contribution in [1.82, 2.24) is 15.0 Å². The van der Waals surface area contributed by atoms with Crippen molar-refractivity contribution in [2.45, 2.75) is 20.3 Å². The Labute approximate surface area is 98.8 Å². The average Bonchev–Trinajstić information content (AvgIpc) is 2.65. The highest BCUT2D eigenvalue weighted by Gasteiger charge is 2.03. The summed E-state index contributed by atoms with van der Waals surface area (Å²) >= 11 is 1.66. The van der Waals surface area contributed by atoms with Crippen LogP contribution < -0.4 is 5.32 Å². The summed E-state index contributed by atoms with van der Waals surface area (Å²) < 4.78 is 0. The number of anilines is 1. The quantitative estimate of drug-likeness (QED) is 0.881. The van der Waals surface area contributed by atoms with Gasteiger partial charge in [-0.3, -0.25) is 0 Å². The summed E-state index contributed by atoms with van der Waals surface area (Å²) in [6, 6.07) is 1.87. The highest BCUT2D eigenvalue weighted by molar-refractivity contribution is 7.09.